The summed E-state index contributed by atoms with van der Waals surface area (Å²) < 4.78 is 31.7. The number of sulfonamides is 1. The molecule has 0 fully saturated rings. The smallest absolute Gasteiger partial charge is 0.240 e. The van der Waals surface area contributed by atoms with Crippen LogP contribution in [0.3, 0.4) is 0 Å². The molecule has 1 aromatic carbocycles. The summed E-state index contributed by atoms with van der Waals surface area (Å²) in [6, 6.07) is 6.58. The Bertz CT molecular complexity index is 613. The highest BCUT2D eigenvalue weighted by molar-refractivity contribution is 7.89. The molecule has 5 heteroatoms. The first kappa shape index (κ1) is 12.1. The second kappa shape index (κ2) is 4.50. The molecule has 0 saturated heterocycles. The first-order chi connectivity index (χ1) is 7.99. The van der Waals surface area contributed by atoms with Gasteiger partial charge < -0.3 is 4.42 Å². The molecule has 0 spiro atoms. The van der Waals surface area contributed by atoms with Gasteiger partial charge in [-0.3, -0.25) is 0 Å². The lowest BCUT2D eigenvalue weighted by Gasteiger charge is -2.08. The van der Waals surface area contributed by atoms with E-state index in [1.807, 2.05) is 13.8 Å². The lowest BCUT2D eigenvalue weighted by molar-refractivity contribution is 0.560. The van der Waals surface area contributed by atoms with Gasteiger partial charge in [0.15, 0.2) is 0 Å². The first-order valence-corrected chi connectivity index (χ1v) is 6.94. The van der Waals surface area contributed by atoms with Crippen molar-refractivity contribution in [3.8, 4) is 0 Å². The fourth-order valence-electron chi connectivity index (χ4n) is 1.47. The first-order valence-electron chi connectivity index (χ1n) is 5.46. The van der Waals surface area contributed by atoms with E-state index >= 15 is 0 Å². The van der Waals surface area contributed by atoms with Crippen LogP contribution in [0.15, 0.2) is 39.8 Å². The minimum absolute atomic E-state index is 0.270. The number of hydrogen-bond acceptors (Lipinski definition) is 3. The van der Waals surface area contributed by atoms with E-state index in [9.17, 15) is 8.42 Å². The van der Waals surface area contributed by atoms with Crippen LogP contribution in [0, 0.1) is 5.92 Å². The number of rotatable bonds is 4. The molecule has 2 rings (SSSR count). The van der Waals surface area contributed by atoms with Gasteiger partial charge in [0.1, 0.15) is 5.58 Å². The van der Waals surface area contributed by atoms with Crippen LogP contribution in [0.5, 0.6) is 0 Å². The molecule has 1 heterocycles. The van der Waals surface area contributed by atoms with Crippen molar-refractivity contribution in [1.82, 2.24) is 4.72 Å². The molecule has 0 unspecified atom stereocenters. The van der Waals surface area contributed by atoms with Gasteiger partial charge >= 0.3 is 0 Å². The maximum Gasteiger partial charge on any atom is 0.240 e. The Kier molecular flexibility index (Phi) is 3.22. The predicted octanol–water partition coefficient (Wildman–Crippen LogP) is 2.37. The number of benzene rings is 1. The van der Waals surface area contributed by atoms with E-state index in [4.69, 9.17) is 4.42 Å². The van der Waals surface area contributed by atoms with Gasteiger partial charge in [0.25, 0.3) is 0 Å². The van der Waals surface area contributed by atoms with Crippen molar-refractivity contribution >= 4 is 21.0 Å². The summed E-state index contributed by atoms with van der Waals surface area (Å²) in [5, 5.41) is 0.789. The molecule has 0 aliphatic heterocycles. The van der Waals surface area contributed by atoms with Crippen molar-refractivity contribution in [2.24, 2.45) is 5.92 Å². The Morgan fingerprint density at radius 2 is 2.06 bits per heavy atom. The molecular weight excluding hydrogens is 238 g/mol. The van der Waals surface area contributed by atoms with E-state index < -0.39 is 10.0 Å². The Morgan fingerprint density at radius 3 is 2.76 bits per heavy atom. The maximum atomic E-state index is 12.0. The Morgan fingerprint density at radius 1 is 1.29 bits per heavy atom. The summed E-state index contributed by atoms with van der Waals surface area (Å²) in [4.78, 5) is 0.270. The monoisotopic (exact) mass is 253 g/mol. The summed E-state index contributed by atoms with van der Waals surface area (Å²) in [5.41, 5.74) is 0.688. The van der Waals surface area contributed by atoms with Gasteiger partial charge in [-0.05, 0) is 30.2 Å². The second-order valence-electron chi connectivity index (χ2n) is 4.37. The van der Waals surface area contributed by atoms with E-state index in [1.165, 1.54) is 0 Å². The van der Waals surface area contributed by atoms with Crippen molar-refractivity contribution in [3.05, 3.63) is 30.5 Å². The molecule has 0 aliphatic carbocycles. The fourth-order valence-corrected chi connectivity index (χ4v) is 2.72. The van der Waals surface area contributed by atoms with Crippen LogP contribution in [0.2, 0.25) is 0 Å². The van der Waals surface area contributed by atoms with Gasteiger partial charge in [-0.15, -0.1) is 0 Å². The van der Waals surface area contributed by atoms with Crippen molar-refractivity contribution in [2.45, 2.75) is 18.7 Å². The minimum atomic E-state index is -3.42. The molecule has 0 radical (unpaired) electrons. The molecule has 0 aliphatic rings. The molecule has 2 aromatic rings. The number of nitrogens with one attached hydrogen (secondary N) is 1. The molecule has 0 atom stereocenters. The number of fused-ring (bicyclic) bond motifs is 1. The van der Waals surface area contributed by atoms with E-state index in [-0.39, 0.29) is 10.8 Å². The fraction of sp³-hybridized carbons (Fsp3) is 0.333. The lowest BCUT2D eigenvalue weighted by atomic mass is 10.2. The number of hydrogen-bond donors (Lipinski definition) is 1. The molecule has 0 bridgehead atoms. The quantitative estimate of drug-likeness (QED) is 0.910. The highest BCUT2D eigenvalue weighted by Gasteiger charge is 2.14. The molecule has 0 amide bonds. The Hall–Kier alpha value is -1.33. The van der Waals surface area contributed by atoms with Crippen LogP contribution in [-0.4, -0.2) is 15.0 Å². The van der Waals surface area contributed by atoms with Crippen LogP contribution in [0.25, 0.3) is 11.0 Å². The molecule has 4 nitrogen and oxygen atoms in total. The summed E-state index contributed by atoms with van der Waals surface area (Å²) in [6.07, 6.45) is 1.54. The van der Waals surface area contributed by atoms with Gasteiger partial charge in [0.05, 0.1) is 11.2 Å². The third-order valence-electron chi connectivity index (χ3n) is 2.42. The lowest BCUT2D eigenvalue weighted by Crippen LogP contribution is -2.27. The van der Waals surface area contributed by atoms with Crippen molar-refractivity contribution in [1.29, 1.82) is 0 Å². The zero-order valence-electron chi connectivity index (χ0n) is 9.80. The molecule has 1 aromatic heterocycles. The predicted molar refractivity (Wildman–Crippen MR) is 66.2 cm³/mol. The van der Waals surface area contributed by atoms with Gasteiger partial charge in [-0.25, -0.2) is 13.1 Å². The largest absolute Gasteiger partial charge is 0.464 e. The third kappa shape index (κ3) is 2.68. The maximum absolute atomic E-state index is 12.0. The minimum Gasteiger partial charge on any atom is -0.464 e. The second-order valence-corrected chi connectivity index (χ2v) is 6.13. The van der Waals surface area contributed by atoms with Crippen LogP contribution < -0.4 is 4.72 Å². The molecule has 17 heavy (non-hydrogen) atoms. The van der Waals surface area contributed by atoms with Crippen LogP contribution in [0.1, 0.15) is 13.8 Å². The summed E-state index contributed by atoms with van der Waals surface area (Å²) >= 11 is 0. The van der Waals surface area contributed by atoms with Gasteiger partial charge in [-0.2, -0.15) is 0 Å². The van der Waals surface area contributed by atoms with E-state index in [0.717, 1.165) is 5.39 Å². The van der Waals surface area contributed by atoms with Crippen LogP contribution in [0.4, 0.5) is 0 Å². The Balaban J connectivity index is 2.31. The SMILES string of the molecule is CC(C)CNS(=O)(=O)c1ccc2occc2c1. The van der Waals surface area contributed by atoms with Crippen molar-refractivity contribution in [3.63, 3.8) is 0 Å². The highest BCUT2D eigenvalue weighted by atomic mass is 32.2. The third-order valence-corrected chi connectivity index (χ3v) is 3.84. The van der Waals surface area contributed by atoms with Gasteiger partial charge in [0, 0.05) is 11.9 Å². The van der Waals surface area contributed by atoms with E-state index in [0.29, 0.717) is 12.1 Å². The average Bonchev–Trinajstić information content (AvgIpc) is 2.73. The molecular formula is C12H15NO3S. The van der Waals surface area contributed by atoms with Crippen LogP contribution >= 0.6 is 0 Å². The van der Waals surface area contributed by atoms with Gasteiger partial charge in [-0.1, -0.05) is 13.8 Å². The topological polar surface area (TPSA) is 59.3 Å². The zero-order valence-corrected chi connectivity index (χ0v) is 10.6. The molecule has 92 valence electrons. The van der Waals surface area contributed by atoms with Crippen molar-refractivity contribution in [2.75, 3.05) is 6.54 Å². The summed E-state index contributed by atoms with van der Waals surface area (Å²) in [5.74, 6) is 0.280. The van der Waals surface area contributed by atoms with Crippen molar-refractivity contribution < 1.29 is 12.8 Å². The van der Waals surface area contributed by atoms with Gasteiger partial charge in [0.2, 0.25) is 10.0 Å². The van der Waals surface area contributed by atoms with E-state index in [2.05, 4.69) is 4.72 Å². The zero-order chi connectivity index (χ0) is 12.5. The normalized spacial score (nSPS) is 12.4. The summed E-state index contributed by atoms with van der Waals surface area (Å²) in [6.45, 7) is 4.36. The molecule has 0 saturated carbocycles. The average molecular weight is 253 g/mol. The molecule has 1 N–H and O–H groups in total. The summed E-state index contributed by atoms with van der Waals surface area (Å²) in [7, 11) is -3.42. The highest BCUT2D eigenvalue weighted by Crippen LogP contribution is 2.19. The number of furan rings is 1. The Labute approximate surface area is 101 Å². The van der Waals surface area contributed by atoms with Crippen LogP contribution in [-0.2, 0) is 10.0 Å². The standard InChI is InChI=1S/C12H15NO3S/c1-9(2)8-13-17(14,15)11-3-4-12-10(7-11)5-6-16-12/h3-7,9,13H,8H2,1-2H3. The van der Waals surface area contributed by atoms with E-state index in [1.54, 1.807) is 30.5 Å².